The maximum absolute atomic E-state index is 11.9. The zero-order chi connectivity index (χ0) is 12.9. The van der Waals surface area contributed by atoms with Crippen molar-refractivity contribution in [1.82, 2.24) is 15.5 Å². The summed E-state index contributed by atoms with van der Waals surface area (Å²) >= 11 is 0. The van der Waals surface area contributed by atoms with Gasteiger partial charge in [0.25, 0.3) is 0 Å². The molecule has 17 heavy (non-hydrogen) atoms. The van der Waals surface area contributed by atoms with E-state index < -0.39 is 5.41 Å². The Morgan fingerprint density at radius 3 is 2.76 bits per heavy atom. The van der Waals surface area contributed by atoms with Gasteiger partial charge in [0, 0.05) is 19.5 Å². The molecule has 1 aromatic heterocycles. The molecule has 1 aromatic rings. The van der Waals surface area contributed by atoms with Crippen LogP contribution in [0.1, 0.15) is 32.0 Å². The molecule has 6 heteroatoms. The molecule has 6 nitrogen and oxygen atoms in total. The Labute approximate surface area is 101 Å². The third kappa shape index (κ3) is 3.52. The highest BCUT2D eigenvalue weighted by Crippen LogP contribution is 2.18. The molecule has 0 spiro atoms. The summed E-state index contributed by atoms with van der Waals surface area (Å²) in [7, 11) is 0. The fraction of sp³-hybridized carbons (Fsp3) is 0.727. The third-order valence-electron chi connectivity index (χ3n) is 2.97. The fourth-order valence-electron chi connectivity index (χ4n) is 1.34. The lowest BCUT2D eigenvalue weighted by atomic mass is 9.87. The number of carbonyl (C=O) groups is 1. The van der Waals surface area contributed by atoms with Crippen molar-refractivity contribution in [1.29, 1.82) is 0 Å². The van der Waals surface area contributed by atoms with E-state index in [-0.39, 0.29) is 5.91 Å². The highest BCUT2D eigenvalue weighted by molar-refractivity contribution is 5.82. The number of rotatable bonds is 6. The van der Waals surface area contributed by atoms with Crippen LogP contribution in [0.2, 0.25) is 0 Å². The number of aromatic nitrogens is 2. The summed E-state index contributed by atoms with van der Waals surface area (Å²) in [6, 6.07) is 0. The minimum absolute atomic E-state index is 0.0289. The predicted octanol–water partition coefficient (Wildman–Crippen LogP) is 0.412. The van der Waals surface area contributed by atoms with Gasteiger partial charge in [-0.15, -0.1) is 0 Å². The Morgan fingerprint density at radius 2 is 2.29 bits per heavy atom. The van der Waals surface area contributed by atoms with Crippen molar-refractivity contribution >= 4 is 5.91 Å². The lowest BCUT2D eigenvalue weighted by molar-refractivity contribution is -0.129. The molecule has 3 N–H and O–H groups in total. The maximum Gasteiger partial charge on any atom is 0.228 e. The van der Waals surface area contributed by atoms with E-state index in [2.05, 4.69) is 15.5 Å². The largest absolute Gasteiger partial charge is 0.355 e. The van der Waals surface area contributed by atoms with Crippen molar-refractivity contribution in [2.45, 2.75) is 33.6 Å². The fourth-order valence-corrected chi connectivity index (χ4v) is 1.34. The van der Waals surface area contributed by atoms with Gasteiger partial charge in [-0.2, -0.15) is 4.98 Å². The molecule has 0 radical (unpaired) electrons. The predicted molar refractivity (Wildman–Crippen MR) is 63.2 cm³/mol. The Balaban J connectivity index is 2.38. The van der Waals surface area contributed by atoms with Crippen LogP contribution >= 0.6 is 0 Å². The Hall–Kier alpha value is -1.43. The van der Waals surface area contributed by atoms with Crippen molar-refractivity contribution in [3.05, 3.63) is 11.7 Å². The van der Waals surface area contributed by atoms with Gasteiger partial charge in [0.1, 0.15) is 0 Å². The van der Waals surface area contributed by atoms with E-state index in [1.54, 1.807) is 6.92 Å². The van der Waals surface area contributed by atoms with Crippen LogP contribution in [0.3, 0.4) is 0 Å². The van der Waals surface area contributed by atoms with Crippen LogP contribution in [0, 0.1) is 12.3 Å². The molecule has 0 aliphatic carbocycles. The molecular weight excluding hydrogens is 220 g/mol. The van der Waals surface area contributed by atoms with Gasteiger partial charge in [-0.05, 0) is 20.3 Å². The zero-order valence-corrected chi connectivity index (χ0v) is 10.6. The van der Waals surface area contributed by atoms with Crippen LogP contribution in [0.25, 0.3) is 0 Å². The second-order valence-electron chi connectivity index (χ2n) is 4.36. The van der Waals surface area contributed by atoms with Crippen LogP contribution < -0.4 is 11.1 Å². The van der Waals surface area contributed by atoms with E-state index in [9.17, 15) is 4.79 Å². The number of amides is 1. The summed E-state index contributed by atoms with van der Waals surface area (Å²) in [5.41, 5.74) is 5.11. The Kier molecular flexibility index (Phi) is 4.62. The van der Waals surface area contributed by atoms with Gasteiger partial charge in [-0.3, -0.25) is 4.79 Å². The van der Waals surface area contributed by atoms with Crippen LogP contribution in [0.4, 0.5) is 0 Å². The highest BCUT2D eigenvalue weighted by Gasteiger charge is 2.29. The molecular formula is C11H20N4O2. The molecule has 0 saturated carbocycles. The summed E-state index contributed by atoms with van der Waals surface area (Å²) in [6.45, 7) is 6.40. The van der Waals surface area contributed by atoms with Crippen molar-refractivity contribution in [3.63, 3.8) is 0 Å². The van der Waals surface area contributed by atoms with Gasteiger partial charge in [0.2, 0.25) is 11.8 Å². The SMILES string of the molecule is CCC(C)(CN)C(=O)NCCc1nc(C)no1. The monoisotopic (exact) mass is 240 g/mol. The molecule has 0 saturated heterocycles. The van der Waals surface area contributed by atoms with Crippen molar-refractivity contribution in [3.8, 4) is 0 Å². The average molecular weight is 240 g/mol. The van der Waals surface area contributed by atoms with Crippen molar-refractivity contribution in [2.24, 2.45) is 11.1 Å². The zero-order valence-electron chi connectivity index (χ0n) is 10.6. The highest BCUT2D eigenvalue weighted by atomic mass is 16.5. The number of nitrogens with one attached hydrogen (secondary N) is 1. The average Bonchev–Trinajstić information content (AvgIpc) is 2.74. The third-order valence-corrected chi connectivity index (χ3v) is 2.97. The molecule has 0 aliphatic rings. The second kappa shape index (κ2) is 5.77. The normalized spacial score (nSPS) is 14.4. The number of aryl methyl sites for hydroxylation is 1. The van der Waals surface area contributed by atoms with Crippen LogP contribution in [0.5, 0.6) is 0 Å². The van der Waals surface area contributed by atoms with E-state index in [1.807, 2.05) is 13.8 Å². The standard InChI is InChI=1S/C11H20N4O2/c1-4-11(3,7-12)10(16)13-6-5-9-14-8(2)15-17-9/h4-7,12H2,1-3H3,(H,13,16). The lowest BCUT2D eigenvalue weighted by Crippen LogP contribution is -2.44. The molecule has 1 unspecified atom stereocenters. The molecule has 0 aliphatic heterocycles. The smallest absolute Gasteiger partial charge is 0.228 e. The summed E-state index contributed by atoms with van der Waals surface area (Å²) in [5, 5.41) is 6.51. The summed E-state index contributed by atoms with van der Waals surface area (Å²) in [5.74, 6) is 1.11. The first-order valence-corrected chi connectivity index (χ1v) is 5.79. The molecule has 1 rings (SSSR count). The quantitative estimate of drug-likeness (QED) is 0.751. The van der Waals surface area contributed by atoms with Gasteiger partial charge < -0.3 is 15.6 Å². The van der Waals surface area contributed by atoms with Gasteiger partial charge in [0.05, 0.1) is 5.41 Å². The summed E-state index contributed by atoms with van der Waals surface area (Å²) in [4.78, 5) is 15.9. The Morgan fingerprint density at radius 1 is 1.59 bits per heavy atom. The summed E-state index contributed by atoms with van der Waals surface area (Å²) < 4.78 is 4.95. The van der Waals surface area contributed by atoms with E-state index >= 15 is 0 Å². The van der Waals surface area contributed by atoms with Gasteiger partial charge in [-0.25, -0.2) is 0 Å². The van der Waals surface area contributed by atoms with Crippen LogP contribution in [-0.2, 0) is 11.2 Å². The van der Waals surface area contributed by atoms with Crippen molar-refractivity contribution in [2.75, 3.05) is 13.1 Å². The number of carbonyl (C=O) groups excluding carboxylic acids is 1. The van der Waals surface area contributed by atoms with Crippen molar-refractivity contribution < 1.29 is 9.32 Å². The Bertz CT molecular complexity index is 371. The number of hydrogen-bond acceptors (Lipinski definition) is 5. The minimum Gasteiger partial charge on any atom is -0.355 e. The van der Waals surface area contributed by atoms with Crippen LogP contribution in [-0.4, -0.2) is 29.1 Å². The minimum atomic E-state index is -0.495. The molecule has 0 bridgehead atoms. The van der Waals surface area contributed by atoms with E-state index in [1.165, 1.54) is 0 Å². The van der Waals surface area contributed by atoms with Crippen LogP contribution in [0.15, 0.2) is 4.52 Å². The number of nitrogens with two attached hydrogens (primary N) is 1. The molecule has 96 valence electrons. The second-order valence-corrected chi connectivity index (χ2v) is 4.36. The van der Waals surface area contributed by atoms with Gasteiger partial charge >= 0.3 is 0 Å². The number of hydrogen-bond donors (Lipinski definition) is 2. The summed E-state index contributed by atoms with van der Waals surface area (Å²) in [6.07, 6.45) is 1.26. The first-order chi connectivity index (χ1) is 8.01. The topological polar surface area (TPSA) is 94.0 Å². The molecule has 1 atom stereocenters. The number of nitrogens with zero attached hydrogens (tertiary/aromatic N) is 2. The first kappa shape index (κ1) is 13.6. The van der Waals surface area contributed by atoms with E-state index in [0.29, 0.717) is 31.2 Å². The lowest BCUT2D eigenvalue weighted by Gasteiger charge is -2.24. The van der Waals surface area contributed by atoms with Gasteiger partial charge in [0.15, 0.2) is 5.82 Å². The van der Waals surface area contributed by atoms with Gasteiger partial charge in [-0.1, -0.05) is 12.1 Å². The molecule has 0 fully saturated rings. The maximum atomic E-state index is 11.9. The van der Waals surface area contributed by atoms with E-state index in [0.717, 1.165) is 6.42 Å². The molecule has 1 heterocycles. The first-order valence-electron chi connectivity index (χ1n) is 5.79. The van der Waals surface area contributed by atoms with E-state index in [4.69, 9.17) is 10.3 Å². The molecule has 0 aromatic carbocycles. The molecule has 1 amide bonds.